The lowest BCUT2D eigenvalue weighted by Crippen LogP contribution is -2.30. The van der Waals surface area contributed by atoms with Crippen LogP contribution in [0.3, 0.4) is 0 Å². The molecule has 79 heavy (non-hydrogen) atoms. The van der Waals surface area contributed by atoms with Crippen molar-refractivity contribution >= 4 is 69.6 Å². The van der Waals surface area contributed by atoms with Crippen molar-refractivity contribution in [2.75, 3.05) is 42.5 Å². The second-order valence-electron chi connectivity index (χ2n) is 21.6. The van der Waals surface area contributed by atoms with Gasteiger partial charge in [0.1, 0.15) is 0 Å². The topological polar surface area (TPSA) is 201 Å². The lowest BCUT2D eigenvalue weighted by atomic mass is 9.71. The van der Waals surface area contributed by atoms with Gasteiger partial charge in [0.15, 0.2) is 46.0 Å². The molecule has 16 nitrogen and oxygen atoms in total. The average molecular weight is 1060 g/mol. The summed E-state index contributed by atoms with van der Waals surface area (Å²) in [5.74, 6) is 2.52. The Morgan fingerprint density at radius 3 is 0.747 bits per heavy atom. The first-order valence-electron chi connectivity index (χ1n) is 25.7. The van der Waals surface area contributed by atoms with Gasteiger partial charge >= 0.3 is 24.1 Å². The smallest absolute Gasteiger partial charge is 0.323 e. The first-order valence-corrected chi connectivity index (χ1v) is 25.7. The molecule has 0 saturated heterocycles. The summed E-state index contributed by atoms with van der Waals surface area (Å²) in [7, 11) is 0. The highest BCUT2D eigenvalue weighted by molar-refractivity contribution is 6.05. The molecule has 8 aromatic carbocycles. The van der Waals surface area contributed by atoms with Crippen molar-refractivity contribution in [3.05, 3.63) is 192 Å². The maximum atomic E-state index is 14.4. The summed E-state index contributed by atoms with van der Waals surface area (Å²) in [5.41, 5.74) is 4.91. The van der Waals surface area contributed by atoms with Crippen LogP contribution in [0.4, 0.5) is 64.7 Å². The lowest BCUT2D eigenvalue weighted by molar-refractivity contribution is 0.261. The van der Waals surface area contributed by atoms with E-state index in [2.05, 4.69) is 110 Å². The maximum Gasteiger partial charge on any atom is 0.323 e. The van der Waals surface area contributed by atoms with E-state index in [1.807, 2.05) is 12.1 Å². The van der Waals surface area contributed by atoms with E-state index in [1.165, 1.54) is 0 Å². The molecule has 0 radical (unpaired) electrons. The lowest BCUT2D eigenvalue weighted by Gasteiger charge is -2.39. The Morgan fingerprint density at radius 1 is 0.304 bits per heavy atom. The molecule has 0 spiro atoms. The molecule has 0 aliphatic carbocycles. The highest BCUT2D eigenvalue weighted by Gasteiger charge is 2.40. The molecule has 16 heteroatoms. The zero-order valence-electron chi connectivity index (χ0n) is 44.9. The van der Waals surface area contributed by atoms with Crippen LogP contribution in [0.25, 0.3) is 0 Å². The SMILES string of the molecule is CC(C)(C)c1cc2c3c(c1)C(C)(C)c1cc(C(C)(C)C)cc(c1O3)NC(=O)Nc1ccccc1Oc1ccccc1NC(=O)Nc1ccccc1Oc1ccccc1NC(=O)Nc1ccccc1Oc1ccccc1NC(=O)N2. The van der Waals surface area contributed by atoms with Crippen molar-refractivity contribution in [2.24, 2.45) is 0 Å². The van der Waals surface area contributed by atoms with Crippen LogP contribution in [0, 0.1) is 0 Å². The van der Waals surface area contributed by atoms with Gasteiger partial charge in [-0.25, -0.2) is 19.2 Å². The van der Waals surface area contributed by atoms with Gasteiger partial charge in [0.05, 0.1) is 45.5 Å². The van der Waals surface area contributed by atoms with E-state index >= 15 is 0 Å². The summed E-state index contributed by atoms with van der Waals surface area (Å²) in [6, 6.07) is 47.1. The number of benzene rings is 8. The molecule has 2 aliphatic rings. The van der Waals surface area contributed by atoms with Crippen LogP contribution in [0.5, 0.6) is 46.0 Å². The molecule has 0 saturated carbocycles. The Balaban J connectivity index is 1.05. The van der Waals surface area contributed by atoms with Gasteiger partial charge < -0.3 is 61.5 Å². The van der Waals surface area contributed by atoms with Gasteiger partial charge in [-0.2, -0.15) is 0 Å². The second kappa shape index (κ2) is 21.2. The van der Waals surface area contributed by atoms with Crippen molar-refractivity contribution in [3.63, 3.8) is 0 Å². The fraction of sp³-hybridized carbons (Fsp3) is 0.175. The third kappa shape index (κ3) is 11.6. The van der Waals surface area contributed by atoms with Crippen LogP contribution in [0.2, 0.25) is 0 Å². The summed E-state index contributed by atoms with van der Waals surface area (Å²) in [6.45, 7) is 16.9. The third-order valence-corrected chi connectivity index (χ3v) is 13.4. The fourth-order valence-corrected chi connectivity index (χ4v) is 9.12. The van der Waals surface area contributed by atoms with Gasteiger partial charge in [-0.1, -0.05) is 140 Å². The van der Waals surface area contributed by atoms with Crippen molar-refractivity contribution in [2.45, 2.75) is 71.6 Å². The molecule has 0 atom stereocenters. The highest BCUT2D eigenvalue weighted by Crippen LogP contribution is 2.55. The van der Waals surface area contributed by atoms with Crippen LogP contribution >= 0.6 is 0 Å². The van der Waals surface area contributed by atoms with E-state index in [1.54, 1.807) is 146 Å². The number of hydrogen-bond acceptors (Lipinski definition) is 8. The molecule has 0 aromatic heterocycles. The first kappa shape index (κ1) is 52.5. The molecule has 8 amide bonds. The third-order valence-electron chi connectivity index (χ3n) is 13.4. The van der Waals surface area contributed by atoms with E-state index in [-0.39, 0.29) is 45.3 Å². The number of rotatable bonds is 0. The molecule has 400 valence electrons. The Kier molecular flexibility index (Phi) is 14.1. The number of nitrogens with one attached hydrogen (secondary N) is 8. The van der Waals surface area contributed by atoms with Crippen LogP contribution < -0.4 is 61.5 Å². The number of para-hydroxylation sites is 12. The largest absolute Gasteiger partial charge is 0.453 e. The number of carbonyl (C=O) groups excluding carboxylic acids is 4. The fourth-order valence-electron chi connectivity index (χ4n) is 9.12. The number of anilines is 8. The minimum atomic E-state index is -0.722. The normalized spacial score (nSPS) is 14.5. The van der Waals surface area contributed by atoms with E-state index in [0.29, 0.717) is 57.0 Å². The zero-order chi connectivity index (χ0) is 55.6. The van der Waals surface area contributed by atoms with Gasteiger partial charge in [-0.3, -0.25) is 0 Å². The van der Waals surface area contributed by atoms with Crippen LogP contribution in [0.1, 0.15) is 77.6 Å². The molecule has 10 rings (SSSR count). The van der Waals surface area contributed by atoms with Crippen molar-refractivity contribution in [3.8, 4) is 46.0 Å². The predicted molar refractivity (Wildman–Crippen MR) is 312 cm³/mol. The van der Waals surface area contributed by atoms with Gasteiger partial charge in [0, 0.05) is 16.5 Å². The number of fused-ring (bicyclic) bond motifs is 6. The predicted octanol–water partition coefficient (Wildman–Crippen LogP) is 17.0. The molecule has 0 unspecified atom stereocenters. The summed E-state index contributed by atoms with van der Waals surface area (Å²) < 4.78 is 26.2. The van der Waals surface area contributed by atoms with E-state index in [0.717, 1.165) is 22.3 Å². The summed E-state index contributed by atoms with van der Waals surface area (Å²) in [5, 5.41) is 23.7. The number of urea groups is 4. The quantitative estimate of drug-likeness (QED) is 0.0733. The van der Waals surface area contributed by atoms with Gasteiger partial charge in [0.2, 0.25) is 0 Å². The minimum absolute atomic E-state index is 0.283. The molecular weight excluding hydrogens is 997 g/mol. The number of amides is 8. The Morgan fingerprint density at radius 2 is 0.519 bits per heavy atom. The Labute approximate surface area is 458 Å². The molecule has 8 aromatic rings. The second-order valence-corrected chi connectivity index (χ2v) is 21.6. The highest BCUT2D eigenvalue weighted by atomic mass is 16.5. The van der Waals surface area contributed by atoms with Gasteiger partial charge in [0.25, 0.3) is 0 Å². The Bertz CT molecular complexity index is 3460. The molecule has 2 bridgehead atoms. The molecule has 2 aliphatic heterocycles. The summed E-state index contributed by atoms with van der Waals surface area (Å²) in [4.78, 5) is 56.5. The number of hydrogen-bond donors (Lipinski definition) is 8. The maximum absolute atomic E-state index is 14.4. The van der Waals surface area contributed by atoms with Gasteiger partial charge in [-0.05, 0) is 107 Å². The van der Waals surface area contributed by atoms with Crippen molar-refractivity contribution < 1.29 is 38.1 Å². The number of ether oxygens (including phenoxy) is 4. The molecule has 8 N–H and O–H groups in total. The molecular formula is C63H60N8O8. The molecule has 0 fully saturated rings. The first-order chi connectivity index (χ1) is 37.8. The van der Waals surface area contributed by atoms with Gasteiger partial charge in [-0.15, -0.1) is 0 Å². The molecule has 2 heterocycles. The van der Waals surface area contributed by atoms with Crippen LogP contribution in [-0.4, -0.2) is 24.1 Å². The average Bonchev–Trinajstić information content (AvgIpc) is 3.59. The zero-order valence-corrected chi connectivity index (χ0v) is 44.9. The van der Waals surface area contributed by atoms with Crippen molar-refractivity contribution in [1.29, 1.82) is 0 Å². The Hall–Kier alpha value is -9.96. The van der Waals surface area contributed by atoms with Crippen molar-refractivity contribution in [1.82, 2.24) is 0 Å². The van der Waals surface area contributed by atoms with Crippen LogP contribution in [0.15, 0.2) is 170 Å². The van der Waals surface area contributed by atoms with E-state index in [9.17, 15) is 19.2 Å². The summed E-state index contributed by atoms with van der Waals surface area (Å²) >= 11 is 0. The van der Waals surface area contributed by atoms with E-state index in [4.69, 9.17) is 18.9 Å². The standard InChI is InChI=1S/C63H60N8O8/c1-61(2,3)37-33-39-55-47(35-37)70-59(74)68-45-25-13-19-31-53(45)77-51-29-17-11-23-43(51)66-57(72)64-41-21-9-15-27-49(41)76-50-28-16-10-22-42(50)65-58(73)67-44-24-12-18-30-52(44)78-54-32-20-14-26-46(54)69-60(75)71-48-36-38(62(4,5)6)34-40(56(48)79-55)63(39,7)8/h9-36H,1-8H3,(H2,64,66,72)(H2,65,67,73)(H2,68,70,74)(H2,69,71,75). The van der Waals surface area contributed by atoms with E-state index < -0.39 is 29.5 Å². The van der Waals surface area contributed by atoms with Crippen LogP contribution in [-0.2, 0) is 16.2 Å². The number of carbonyl (C=O) groups is 4. The minimum Gasteiger partial charge on any atom is -0.453 e. The monoisotopic (exact) mass is 1060 g/mol. The summed E-state index contributed by atoms with van der Waals surface area (Å²) in [6.07, 6.45) is 0.